The van der Waals surface area contributed by atoms with Crippen LogP contribution < -0.4 is 10.9 Å². The standard InChI is InChI=1S/C10H13ClN4O2/c11-8-9(13-6-14-10(8)17)12-5-7(16)15-3-1-2-4-15/h6H,1-5H2,(H2,12,13,14,17). The average Bonchev–Trinajstić information content (AvgIpc) is 2.84. The van der Waals surface area contributed by atoms with Gasteiger partial charge in [-0.1, -0.05) is 11.6 Å². The van der Waals surface area contributed by atoms with Crippen molar-refractivity contribution in [2.24, 2.45) is 0 Å². The molecule has 0 aliphatic carbocycles. The first-order valence-corrected chi connectivity index (χ1v) is 5.81. The molecule has 2 N–H and O–H groups in total. The number of hydrogen-bond acceptors (Lipinski definition) is 4. The van der Waals surface area contributed by atoms with Crippen molar-refractivity contribution in [1.82, 2.24) is 14.9 Å². The van der Waals surface area contributed by atoms with Crippen LogP contribution in [0.3, 0.4) is 0 Å². The summed E-state index contributed by atoms with van der Waals surface area (Å²) >= 11 is 5.74. The molecule has 1 aliphatic rings. The van der Waals surface area contributed by atoms with Crippen molar-refractivity contribution >= 4 is 23.3 Å². The number of nitrogens with zero attached hydrogens (tertiary/aromatic N) is 2. The SMILES string of the molecule is O=C(CNc1nc[nH]c(=O)c1Cl)N1CCCC1. The molecule has 2 heterocycles. The molecule has 7 heteroatoms. The minimum absolute atomic E-state index is 0.000600. The average molecular weight is 257 g/mol. The Morgan fingerprint density at radius 3 is 2.94 bits per heavy atom. The van der Waals surface area contributed by atoms with Crippen LogP contribution in [-0.2, 0) is 4.79 Å². The number of aromatic nitrogens is 2. The number of nitrogens with one attached hydrogen (secondary N) is 2. The molecule has 1 fully saturated rings. The van der Waals surface area contributed by atoms with Gasteiger partial charge in [0.15, 0.2) is 5.82 Å². The van der Waals surface area contributed by atoms with Gasteiger partial charge in [0.2, 0.25) is 5.91 Å². The minimum Gasteiger partial charge on any atom is -0.360 e. The van der Waals surface area contributed by atoms with E-state index in [1.54, 1.807) is 4.90 Å². The summed E-state index contributed by atoms with van der Waals surface area (Å²) in [4.78, 5) is 30.9. The van der Waals surface area contributed by atoms with Gasteiger partial charge in [0.05, 0.1) is 12.9 Å². The lowest BCUT2D eigenvalue weighted by Gasteiger charge is -2.15. The maximum Gasteiger partial charge on any atom is 0.271 e. The van der Waals surface area contributed by atoms with Crippen molar-refractivity contribution < 1.29 is 4.79 Å². The molecule has 1 amide bonds. The van der Waals surface area contributed by atoms with Crippen LogP contribution in [0.15, 0.2) is 11.1 Å². The molecule has 92 valence electrons. The third-order valence-corrected chi connectivity index (χ3v) is 3.01. The van der Waals surface area contributed by atoms with Crippen molar-refractivity contribution in [3.8, 4) is 0 Å². The molecular weight excluding hydrogens is 244 g/mol. The first-order valence-electron chi connectivity index (χ1n) is 5.43. The maximum atomic E-state index is 11.7. The zero-order valence-electron chi connectivity index (χ0n) is 9.20. The Balaban J connectivity index is 1.95. The summed E-state index contributed by atoms with van der Waals surface area (Å²) in [6.45, 7) is 1.71. The Morgan fingerprint density at radius 2 is 2.24 bits per heavy atom. The fourth-order valence-corrected chi connectivity index (χ4v) is 1.91. The number of H-pyrrole nitrogens is 1. The number of anilines is 1. The smallest absolute Gasteiger partial charge is 0.271 e. The van der Waals surface area contributed by atoms with E-state index in [0.717, 1.165) is 25.9 Å². The van der Waals surface area contributed by atoms with E-state index in [1.807, 2.05) is 0 Å². The predicted octanol–water partition coefficient (Wildman–Crippen LogP) is 0.458. The van der Waals surface area contributed by atoms with Crippen LogP contribution in [0.4, 0.5) is 5.82 Å². The minimum atomic E-state index is -0.419. The molecule has 0 aromatic carbocycles. The molecule has 0 spiro atoms. The summed E-state index contributed by atoms with van der Waals surface area (Å²) in [5, 5.41) is 2.75. The number of halogens is 1. The van der Waals surface area contributed by atoms with Crippen LogP contribution in [0.1, 0.15) is 12.8 Å². The van der Waals surface area contributed by atoms with Gasteiger partial charge in [-0.25, -0.2) is 4.98 Å². The molecule has 1 aliphatic heterocycles. The summed E-state index contributed by atoms with van der Waals surface area (Å²) in [5.74, 6) is 0.239. The maximum absolute atomic E-state index is 11.7. The third kappa shape index (κ3) is 2.76. The van der Waals surface area contributed by atoms with E-state index in [1.165, 1.54) is 6.33 Å². The van der Waals surface area contributed by atoms with Crippen LogP contribution in [0, 0.1) is 0 Å². The van der Waals surface area contributed by atoms with Crippen LogP contribution in [-0.4, -0.2) is 40.4 Å². The normalized spacial score (nSPS) is 15.0. The first-order chi connectivity index (χ1) is 8.18. The monoisotopic (exact) mass is 256 g/mol. The lowest BCUT2D eigenvalue weighted by atomic mass is 10.4. The third-order valence-electron chi connectivity index (χ3n) is 2.66. The summed E-state index contributed by atoms with van der Waals surface area (Å²) in [6.07, 6.45) is 3.35. The summed E-state index contributed by atoms with van der Waals surface area (Å²) in [5.41, 5.74) is -0.419. The number of carbonyl (C=O) groups excluding carboxylic acids is 1. The zero-order chi connectivity index (χ0) is 12.3. The van der Waals surface area contributed by atoms with Crippen LogP contribution in [0.2, 0.25) is 5.02 Å². The van der Waals surface area contributed by atoms with E-state index in [2.05, 4.69) is 15.3 Å². The molecule has 0 saturated carbocycles. The van der Waals surface area contributed by atoms with E-state index in [0.29, 0.717) is 0 Å². The highest BCUT2D eigenvalue weighted by Gasteiger charge is 2.17. The quantitative estimate of drug-likeness (QED) is 0.824. The van der Waals surface area contributed by atoms with E-state index >= 15 is 0 Å². The van der Waals surface area contributed by atoms with E-state index in [9.17, 15) is 9.59 Å². The van der Waals surface area contributed by atoms with Crippen molar-refractivity contribution in [1.29, 1.82) is 0 Å². The Hall–Kier alpha value is -1.56. The molecule has 1 aromatic rings. The van der Waals surface area contributed by atoms with Crippen LogP contribution in [0.5, 0.6) is 0 Å². The molecule has 6 nitrogen and oxygen atoms in total. The second kappa shape index (κ2) is 5.18. The topological polar surface area (TPSA) is 78.1 Å². The van der Waals surface area contributed by atoms with Crippen molar-refractivity contribution in [2.45, 2.75) is 12.8 Å². The van der Waals surface area contributed by atoms with Gasteiger partial charge < -0.3 is 15.2 Å². The Morgan fingerprint density at radius 1 is 1.53 bits per heavy atom. The van der Waals surface area contributed by atoms with Gasteiger partial charge >= 0.3 is 0 Å². The Kier molecular flexibility index (Phi) is 3.63. The number of rotatable bonds is 3. The summed E-state index contributed by atoms with van der Waals surface area (Å²) < 4.78 is 0. The molecule has 0 bridgehead atoms. The largest absolute Gasteiger partial charge is 0.360 e. The molecule has 0 radical (unpaired) electrons. The van der Waals surface area contributed by atoms with Gasteiger partial charge in [-0.05, 0) is 12.8 Å². The van der Waals surface area contributed by atoms with Crippen molar-refractivity contribution in [2.75, 3.05) is 25.0 Å². The molecule has 2 rings (SSSR count). The van der Waals surface area contributed by atoms with Crippen molar-refractivity contribution in [3.63, 3.8) is 0 Å². The van der Waals surface area contributed by atoms with Crippen LogP contribution in [0.25, 0.3) is 0 Å². The Bertz CT molecular complexity index is 468. The molecule has 1 aromatic heterocycles. The number of amides is 1. The fourth-order valence-electron chi connectivity index (χ4n) is 1.74. The first kappa shape index (κ1) is 11.9. The van der Waals surface area contributed by atoms with Crippen LogP contribution >= 0.6 is 11.6 Å². The predicted molar refractivity (Wildman–Crippen MR) is 64.2 cm³/mol. The van der Waals surface area contributed by atoms with Gasteiger partial charge in [-0.3, -0.25) is 9.59 Å². The van der Waals surface area contributed by atoms with Gasteiger partial charge in [-0.2, -0.15) is 0 Å². The van der Waals surface area contributed by atoms with Gasteiger partial charge in [0.1, 0.15) is 5.02 Å². The molecule has 0 unspecified atom stereocenters. The lowest BCUT2D eigenvalue weighted by Crippen LogP contribution is -2.33. The molecule has 1 saturated heterocycles. The second-order valence-corrected chi connectivity index (χ2v) is 4.21. The zero-order valence-corrected chi connectivity index (χ0v) is 9.96. The number of hydrogen-bond donors (Lipinski definition) is 2. The highest BCUT2D eigenvalue weighted by Crippen LogP contribution is 2.12. The van der Waals surface area contributed by atoms with E-state index in [4.69, 9.17) is 11.6 Å². The molecular formula is C10H13ClN4O2. The fraction of sp³-hybridized carbons (Fsp3) is 0.500. The molecule has 0 atom stereocenters. The summed E-state index contributed by atoms with van der Waals surface area (Å²) in [6, 6.07) is 0. The highest BCUT2D eigenvalue weighted by molar-refractivity contribution is 6.32. The molecule has 17 heavy (non-hydrogen) atoms. The van der Waals surface area contributed by atoms with Gasteiger partial charge in [0, 0.05) is 13.1 Å². The number of likely N-dealkylation sites (tertiary alicyclic amines) is 1. The van der Waals surface area contributed by atoms with E-state index in [-0.39, 0.29) is 23.3 Å². The van der Waals surface area contributed by atoms with Gasteiger partial charge in [-0.15, -0.1) is 0 Å². The summed E-state index contributed by atoms with van der Waals surface area (Å²) in [7, 11) is 0. The second-order valence-electron chi connectivity index (χ2n) is 3.84. The number of aromatic amines is 1. The van der Waals surface area contributed by atoms with Crippen molar-refractivity contribution in [3.05, 3.63) is 21.7 Å². The number of carbonyl (C=O) groups is 1. The highest BCUT2D eigenvalue weighted by atomic mass is 35.5. The van der Waals surface area contributed by atoms with E-state index < -0.39 is 5.56 Å². The van der Waals surface area contributed by atoms with Gasteiger partial charge in [0.25, 0.3) is 5.56 Å². The lowest BCUT2D eigenvalue weighted by molar-refractivity contribution is -0.128. The Labute approximate surface area is 103 Å².